The number of aromatic nitrogens is 3. The lowest BCUT2D eigenvalue weighted by molar-refractivity contribution is 0.218. The van der Waals surface area contributed by atoms with E-state index in [4.69, 9.17) is 10.2 Å². The van der Waals surface area contributed by atoms with Gasteiger partial charge in [0.1, 0.15) is 11.6 Å². The fourth-order valence-electron chi connectivity index (χ4n) is 2.66. The first-order valence-corrected chi connectivity index (χ1v) is 6.89. The molecule has 20 heavy (non-hydrogen) atoms. The highest BCUT2D eigenvalue weighted by molar-refractivity contribution is 5.26. The summed E-state index contributed by atoms with van der Waals surface area (Å²) in [6.07, 6.45) is 2.23. The van der Waals surface area contributed by atoms with E-state index < -0.39 is 0 Å². The third kappa shape index (κ3) is 2.51. The van der Waals surface area contributed by atoms with Gasteiger partial charge in [0.25, 0.3) is 0 Å². The predicted octanol–water partition coefficient (Wildman–Crippen LogP) is 2.00. The van der Waals surface area contributed by atoms with Gasteiger partial charge in [0.05, 0.1) is 24.0 Å². The number of hydrogen-bond acceptors (Lipinski definition) is 6. The predicted molar refractivity (Wildman–Crippen MR) is 74.8 cm³/mol. The monoisotopic (exact) mass is 273 g/mol. The average molecular weight is 273 g/mol. The standard InChI is InChI=1S/C14H19N5O/c1-9-10(2)20-14(16-9)8-19-7-3-4-12(19)11-5-6-13(15)18-17-11/h5-6,12H,3-4,7-8H2,1-2H3,(H2,15,18). The second-order valence-electron chi connectivity index (χ2n) is 5.26. The molecule has 2 aromatic heterocycles. The maximum absolute atomic E-state index is 5.67. The number of anilines is 1. The van der Waals surface area contributed by atoms with Gasteiger partial charge in [-0.25, -0.2) is 4.98 Å². The Kier molecular flexibility index (Phi) is 3.40. The van der Waals surface area contributed by atoms with Crippen LogP contribution in [0.4, 0.5) is 5.82 Å². The minimum atomic E-state index is 0.274. The van der Waals surface area contributed by atoms with E-state index in [2.05, 4.69) is 20.1 Å². The Morgan fingerprint density at radius 3 is 2.85 bits per heavy atom. The number of nitrogens with zero attached hydrogens (tertiary/aromatic N) is 4. The molecule has 1 atom stereocenters. The molecule has 1 aliphatic heterocycles. The van der Waals surface area contributed by atoms with Gasteiger partial charge in [-0.2, -0.15) is 5.10 Å². The lowest BCUT2D eigenvalue weighted by Gasteiger charge is -2.21. The van der Waals surface area contributed by atoms with E-state index >= 15 is 0 Å². The van der Waals surface area contributed by atoms with E-state index in [1.165, 1.54) is 0 Å². The second kappa shape index (κ2) is 5.20. The summed E-state index contributed by atoms with van der Waals surface area (Å²) >= 11 is 0. The van der Waals surface area contributed by atoms with Crippen molar-refractivity contribution in [2.45, 2.75) is 39.3 Å². The molecule has 0 amide bonds. The van der Waals surface area contributed by atoms with Crippen molar-refractivity contribution in [1.82, 2.24) is 20.1 Å². The lowest BCUT2D eigenvalue weighted by Crippen LogP contribution is -2.24. The summed E-state index contributed by atoms with van der Waals surface area (Å²) in [6, 6.07) is 4.03. The zero-order valence-corrected chi connectivity index (χ0v) is 11.8. The lowest BCUT2D eigenvalue weighted by atomic mass is 10.1. The number of oxazole rings is 1. The Morgan fingerprint density at radius 2 is 2.20 bits per heavy atom. The van der Waals surface area contributed by atoms with Crippen LogP contribution in [0, 0.1) is 13.8 Å². The molecule has 0 spiro atoms. The summed E-state index contributed by atoms with van der Waals surface area (Å²) < 4.78 is 5.67. The smallest absolute Gasteiger partial charge is 0.208 e. The summed E-state index contributed by atoms with van der Waals surface area (Å²) in [5.41, 5.74) is 7.52. The summed E-state index contributed by atoms with van der Waals surface area (Å²) in [5.74, 6) is 2.12. The highest BCUT2D eigenvalue weighted by atomic mass is 16.4. The first kappa shape index (κ1) is 13.1. The Morgan fingerprint density at radius 1 is 1.35 bits per heavy atom. The van der Waals surface area contributed by atoms with Gasteiger partial charge in [0.15, 0.2) is 0 Å². The van der Waals surface area contributed by atoms with E-state index in [1.54, 1.807) is 6.07 Å². The normalized spacial score (nSPS) is 19.6. The van der Waals surface area contributed by atoms with E-state index in [0.29, 0.717) is 12.4 Å². The fourth-order valence-corrected chi connectivity index (χ4v) is 2.66. The molecule has 0 saturated carbocycles. The number of rotatable bonds is 3. The van der Waals surface area contributed by atoms with Gasteiger partial charge in [0.2, 0.25) is 5.89 Å². The van der Waals surface area contributed by atoms with Crippen LogP contribution in [0.5, 0.6) is 0 Å². The van der Waals surface area contributed by atoms with Crippen molar-refractivity contribution in [3.63, 3.8) is 0 Å². The van der Waals surface area contributed by atoms with Gasteiger partial charge < -0.3 is 10.2 Å². The molecule has 0 aromatic carbocycles. The van der Waals surface area contributed by atoms with Crippen molar-refractivity contribution in [2.75, 3.05) is 12.3 Å². The molecule has 6 heteroatoms. The van der Waals surface area contributed by atoms with E-state index in [0.717, 1.165) is 42.4 Å². The van der Waals surface area contributed by atoms with Crippen molar-refractivity contribution in [3.8, 4) is 0 Å². The Bertz CT molecular complexity index is 573. The molecule has 2 N–H and O–H groups in total. The minimum absolute atomic E-state index is 0.274. The molecule has 2 aromatic rings. The third-order valence-corrected chi connectivity index (χ3v) is 3.82. The summed E-state index contributed by atoms with van der Waals surface area (Å²) in [7, 11) is 0. The molecule has 6 nitrogen and oxygen atoms in total. The molecule has 0 aliphatic carbocycles. The number of nitrogens with two attached hydrogens (primary N) is 1. The maximum atomic E-state index is 5.67. The largest absolute Gasteiger partial charge is 0.444 e. The van der Waals surface area contributed by atoms with Crippen molar-refractivity contribution in [1.29, 1.82) is 0 Å². The Balaban J connectivity index is 1.77. The first-order chi connectivity index (χ1) is 9.63. The van der Waals surface area contributed by atoms with Crippen molar-refractivity contribution in [2.24, 2.45) is 0 Å². The number of hydrogen-bond donors (Lipinski definition) is 1. The van der Waals surface area contributed by atoms with Crippen molar-refractivity contribution >= 4 is 5.82 Å². The first-order valence-electron chi connectivity index (χ1n) is 6.89. The Labute approximate surface area is 118 Å². The molecule has 1 saturated heterocycles. The van der Waals surface area contributed by atoms with Crippen molar-refractivity contribution < 1.29 is 4.42 Å². The zero-order chi connectivity index (χ0) is 14.1. The molecule has 0 radical (unpaired) electrons. The zero-order valence-electron chi connectivity index (χ0n) is 11.8. The molecule has 1 aliphatic rings. The molecular weight excluding hydrogens is 254 g/mol. The molecule has 106 valence electrons. The minimum Gasteiger partial charge on any atom is -0.444 e. The van der Waals surface area contributed by atoms with Gasteiger partial charge in [0, 0.05) is 0 Å². The van der Waals surface area contributed by atoms with Crippen LogP contribution in [0.2, 0.25) is 0 Å². The van der Waals surface area contributed by atoms with Crippen LogP contribution in [0.25, 0.3) is 0 Å². The summed E-state index contributed by atoms with van der Waals surface area (Å²) in [6.45, 7) is 5.65. The van der Waals surface area contributed by atoms with E-state index in [-0.39, 0.29) is 6.04 Å². The van der Waals surface area contributed by atoms with Gasteiger partial charge in [-0.1, -0.05) is 0 Å². The summed E-state index contributed by atoms with van der Waals surface area (Å²) in [5, 5.41) is 8.15. The van der Waals surface area contributed by atoms with Gasteiger partial charge in [-0.15, -0.1) is 5.10 Å². The highest BCUT2D eigenvalue weighted by Crippen LogP contribution is 2.31. The maximum Gasteiger partial charge on any atom is 0.208 e. The van der Waals surface area contributed by atoms with Gasteiger partial charge in [-0.05, 0) is 45.4 Å². The summed E-state index contributed by atoms with van der Waals surface area (Å²) in [4.78, 5) is 6.79. The molecule has 1 fully saturated rings. The fraction of sp³-hybridized carbons (Fsp3) is 0.500. The molecule has 0 bridgehead atoms. The van der Waals surface area contributed by atoms with Crippen LogP contribution < -0.4 is 5.73 Å². The number of likely N-dealkylation sites (tertiary alicyclic amines) is 1. The van der Waals surface area contributed by atoms with E-state index in [9.17, 15) is 0 Å². The van der Waals surface area contributed by atoms with Crippen LogP contribution in [0.15, 0.2) is 16.5 Å². The number of nitrogen functional groups attached to an aromatic ring is 1. The van der Waals surface area contributed by atoms with Crippen LogP contribution in [-0.4, -0.2) is 26.6 Å². The SMILES string of the molecule is Cc1nc(CN2CCCC2c2ccc(N)nn2)oc1C. The molecule has 1 unspecified atom stereocenters. The Hall–Kier alpha value is -1.95. The van der Waals surface area contributed by atoms with E-state index in [1.807, 2.05) is 19.9 Å². The third-order valence-electron chi connectivity index (χ3n) is 3.82. The molecule has 3 heterocycles. The molecular formula is C14H19N5O. The van der Waals surface area contributed by atoms with Crippen LogP contribution in [-0.2, 0) is 6.54 Å². The quantitative estimate of drug-likeness (QED) is 0.921. The van der Waals surface area contributed by atoms with Crippen LogP contribution in [0.3, 0.4) is 0 Å². The topological polar surface area (TPSA) is 81.1 Å². The second-order valence-corrected chi connectivity index (χ2v) is 5.26. The van der Waals surface area contributed by atoms with Crippen molar-refractivity contribution in [3.05, 3.63) is 35.2 Å². The number of aryl methyl sites for hydroxylation is 2. The van der Waals surface area contributed by atoms with Crippen LogP contribution in [0.1, 0.15) is 41.9 Å². The van der Waals surface area contributed by atoms with Gasteiger partial charge in [-0.3, -0.25) is 4.90 Å². The molecule has 3 rings (SSSR count). The highest BCUT2D eigenvalue weighted by Gasteiger charge is 2.28. The van der Waals surface area contributed by atoms with Crippen LogP contribution >= 0.6 is 0 Å². The average Bonchev–Trinajstić information content (AvgIpc) is 2.99. The van der Waals surface area contributed by atoms with Gasteiger partial charge >= 0.3 is 0 Å².